The average Bonchev–Trinajstić information content (AvgIpc) is 2.37. The van der Waals surface area contributed by atoms with E-state index >= 15 is 0 Å². The highest BCUT2D eigenvalue weighted by Gasteiger charge is 2.16. The normalized spacial score (nSPS) is 13.9. The van der Waals surface area contributed by atoms with Crippen LogP contribution in [0, 0.1) is 11.7 Å². The first-order valence-electron chi connectivity index (χ1n) is 6.76. The molecule has 0 aliphatic carbocycles. The smallest absolute Gasteiger partial charge is 0.260 e. The van der Waals surface area contributed by atoms with E-state index in [4.69, 9.17) is 4.74 Å². The topological polar surface area (TPSA) is 58.6 Å². The van der Waals surface area contributed by atoms with Gasteiger partial charge in [-0.1, -0.05) is 13.8 Å². The average molecular weight is 283 g/mol. The third-order valence-electron chi connectivity index (χ3n) is 2.75. The standard InChI is InChI=1S/C15H22FNO3/c1-10(2)8-13(18)9-17-15(19)11(3)20-14-6-4-12(16)5-7-14/h4-7,10-11,13,18H,8-9H2,1-3H3,(H,17,19). The summed E-state index contributed by atoms with van der Waals surface area (Å²) < 4.78 is 18.1. The van der Waals surface area contributed by atoms with Gasteiger partial charge in [0.2, 0.25) is 0 Å². The van der Waals surface area contributed by atoms with Gasteiger partial charge >= 0.3 is 0 Å². The van der Waals surface area contributed by atoms with E-state index in [0.717, 1.165) is 0 Å². The molecule has 0 aliphatic heterocycles. The molecule has 1 rings (SSSR count). The van der Waals surface area contributed by atoms with Crippen LogP contribution in [0.2, 0.25) is 0 Å². The van der Waals surface area contributed by atoms with Crippen LogP contribution in [0.15, 0.2) is 24.3 Å². The highest BCUT2D eigenvalue weighted by Crippen LogP contribution is 2.13. The van der Waals surface area contributed by atoms with E-state index in [1.165, 1.54) is 24.3 Å². The number of hydrogen-bond donors (Lipinski definition) is 2. The summed E-state index contributed by atoms with van der Waals surface area (Å²) in [7, 11) is 0. The Hall–Kier alpha value is -1.62. The van der Waals surface area contributed by atoms with E-state index in [9.17, 15) is 14.3 Å². The van der Waals surface area contributed by atoms with Crippen molar-refractivity contribution in [2.75, 3.05) is 6.54 Å². The number of amides is 1. The van der Waals surface area contributed by atoms with Gasteiger partial charge < -0.3 is 15.2 Å². The molecule has 0 radical (unpaired) electrons. The number of ether oxygens (including phenoxy) is 1. The molecule has 2 atom stereocenters. The van der Waals surface area contributed by atoms with Crippen LogP contribution in [0.4, 0.5) is 4.39 Å². The number of carbonyl (C=O) groups excluding carboxylic acids is 1. The van der Waals surface area contributed by atoms with E-state index in [1.807, 2.05) is 13.8 Å². The molecule has 112 valence electrons. The second-order valence-corrected chi connectivity index (χ2v) is 5.24. The third kappa shape index (κ3) is 6.02. The fraction of sp³-hybridized carbons (Fsp3) is 0.533. The zero-order valence-corrected chi connectivity index (χ0v) is 12.1. The lowest BCUT2D eigenvalue weighted by Gasteiger charge is -2.17. The molecule has 0 bridgehead atoms. The number of halogens is 1. The van der Waals surface area contributed by atoms with Crippen LogP contribution in [-0.2, 0) is 4.79 Å². The Labute approximate surface area is 119 Å². The highest BCUT2D eigenvalue weighted by atomic mass is 19.1. The van der Waals surface area contributed by atoms with Crippen LogP contribution >= 0.6 is 0 Å². The summed E-state index contributed by atoms with van der Waals surface area (Å²) in [6, 6.07) is 5.47. The summed E-state index contributed by atoms with van der Waals surface area (Å²) in [6.07, 6.45) is -0.628. The van der Waals surface area contributed by atoms with Gasteiger partial charge in [0.25, 0.3) is 5.91 Å². The maximum Gasteiger partial charge on any atom is 0.260 e. The lowest BCUT2D eigenvalue weighted by Crippen LogP contribution is -2.40. The molecule has 0 heterocycles. The first kappa shape index (κ1) is 16.4. The molecule has 0 spiro atoms. The Kier molecular flexibility index (Phi) is 6.45. The molecule has 1 aromatic carbocycles. The van der Waals surface area contributed by atoms with Gasteiger partial charge in [-0.25, -0.2) is 4.39 Å². The van der Waals surface area contributed by atoms with E-state index < -0.39 is 12.2 Å². The van der Waals surface area contributed by atoms with Crippen LogP contribution in [0.1, 0.15) is 27.2 Å². The minimum atomic E-state index is -0.702. The largest absolute Gasteiger partial charge is 0.481 e. The van der Waals surface area contributed by atoms with Crippen molar-refractivity contribution in [3.63, 3.8) is 0 Å². The van der Waals surface area contributed by atoms with Crippen LogP contribution in [0.5, 0.6) is 5.75 Å². The van der Waals surface area contributed by atoms with Gasteiger partial charge in [0, 0.05) is 6.54 Å². The van der Waals surface area contributed by atoms with Gasteiger partial charge in [-0.3, -0.25) is 4.79 Å². The minimum absolute atomic E-state index is 0.203. The van der Waals surface area contributed by atoms with Crippen molar-refractivity contribution < 1.29 is 19.0 Å². The molecule has 1 amide bonds. The number of hydrogen-bond acceptors (Lipinski definition) is 3. The van der Waals surface area contributed by atoms with Crippen molar-refractivity contribution in [1.29, 1.82) is 0 Å². The molecule has 5 heteroatoms. The van der Waals surface area contributed by atoms with E-state index in [1.54, 1.807) is 6.92 Å². The molecular weight excluding hydrogens is 261 g/mol. The number of nitrogens with one attached hydrogen (secondary N) is 1. The summed E-state index contributed by atoms with van der Waals surface area (Å²) in [5, 5.41) is 12.3. The fourth-order valence-electron chi connectivity index (χ4n) is 1.76. The Morgan fingerprint density at radius 2 is 1.90 bits per heavy atom. The lowest BCUT2D eigenvalue weighted by atomic mass is 10.1. The Bertz CT molecular complexity index is 420. The van der Waals surface area contributed by atoms with Crippen LogP contribution < -0.4 is 10.1 Å². The van der Waals surface area contributed by atoms with Crippen LogP contribution in [0.3, 0.4) is 0 Å². The molecule has 1 aromatic rings. The zero-order chi connectivity index (χ0) is 15.1. The molecule has 0 aliphatic rings. The monoisotopic (exact) mass is 283 g/mol. The molecule has 4 nitrogen and oxygen atoms in total. The van der Waals surface area contributed by atoms with Crippen molar-refractivity contribution >= 4 is 5.91 Å². The Balaban J connectivity index is 2.37. The van der Waals surface area contributed by atoms with Gasteiger partial charge in [0.15, 0.2) is 6.10 Å². The van der Waals surface area contributed by atoms with E-state index in [-0.39, 0.29) is 18.3 Å². The number of aliphatic hydroxyl groups is 1. The molecular formula is C15H22FNO3. The van der Waals surface area contributed by atoms with Gasteiger partial charge in [0.05, 0.1) is 6.10 Å². The molecule has 20 heavy (non-hydrogen) atoms. The first-order valence-corrected chi connectivity index (χ1v) is 6.76. The Morgan fingerprint density at radius 3 is 2.45 bits per heavy atom. The van der Waals surface area contributed by atoms with Crippen molar-refractivity contribution in [2.45, 2.75) is 39.4 Å². The summed E-state index contributed by atoms with van der Waals surface area (Å²) in [5.74, 6) is 0.134. The second kappa shape index (κ2) is 7.85. The van der Waals surface area contributed by atoms with Crippen molar-refractivity contribution in [1.82, 2.24) is 5.32 Å². The summed E-state index contributed by atoms with van der Waals surface area (Å²) in [5.41, 5.74) is 0. The molecule has 2 unspecified atom stereocenters. The van der Waals surface area contributed by atoms with Gasteiger partial charge in [-0.2, -0.15) is 0 Å². The molecule has 0 fully saturated rings. The van der Waals surface area contributed by atoms with Crippen molar-refractivity contribution in [3.05, 3.63) is 30.1 Å². The first-order chi connectivity index (χ1) is 9.38. The minimum Gasteiger partial charge on any atom is -0.481 e. The Morgan fingerprint density at radius 1 is 1.30 bits per heavy atom. The van der Waals surface area contributed by atoms with E-state index in [0.29, 0.717) is 18.1 Å². The number of benzene rings is 1. The molecule has 2 N–H and O–H groups in total. The highest BCUT2D eigenvalue weighted by molar-refractivity contribution is 5.80. The second-order valence-electron chi connectivity index (χ2n) is 5.24. The zero-order valence-electron chi connectivity index (χ0n) is 12.1. The van der Waals surface area contributed by atoms with Crippen LogP contribution in [0.25, 0.3) is 0 Å². The summed E-state index contributed by atoms with van der Waals surface area (Å²) in [6.45, 7) is 5.82. The van der Waals surface area contributed by atoms with Crippen molar-refractivity contribution in [3.8, 4) is 5.75 Å². The molecule has 0 aromatic heterocycles. The quantitative estimate of drug-likeness (QED) is 0.806. The lowest BCUT2D eigenvalue weighted by molar-refractivity contribution is -0.127. The predicted molar refractivity (Wildman–Crippen MR) is 75.0 cm³/mol. The maximum absolute atomic E-state index is 12.7. The molecule has 0 saturated carbocycles. The molecule has 0 saturated heterocycles. The maximum atomic E-state index is 12.7. The third-order valence-corrected chi connectivity index (χ3v) is 2.75. The van der Waals surface area contributed by atoms with E-state index in [2.05, 4.69) is 5.32 Å². The summed E-state index contributed by atoms with van der Waals surface area (Å²) in [4.78, 5) is 11.8. The number of aliphatic hydroxyl groups excluding tert-OH is 1. The van der Waals surface area contributed by atoms with Gasteiger partial charge in [-0.15, -0.1) is 0 Å². The fourth-order valence-corrected chi connectivity index (χ4v) is 1.76. The van der Waals surface area contributed by atoms with Crippen LogP contribution in [-0.4, -0.2) is 29.8 Å². The number of carbonyl (C=O) groups is 1. The summed E-state index contributed by atoms with van der Waals surface area (Å²) >= 11 is 0. The van der Waals surface area contributed by atoms with Gasteiger partial charge in [-0.05, 0) is 43.5 Å². The number of rotatable bonds is 7. The predicted octanol–water partition coefficient (Wildman–Crippen LogP) is 2.12. The van der Waals surface area contributed by atoms with Gasteiger partial charge in [0.1, 0.15) is 11.6 Å². The van der Waals surface area contributed by atoms with Crippen molar-refractivity contribution in [2.24, 2.45) is 5.92 Å². The SMILES string of the molecule is CC(C)CC(O)CNC(=O)C(C)Oc1ccc(F)cc1.